The molecule has 1 amide bonds. The summed E-state index contributed by atoms with van der Waals surface area (Å²) in [7, 11) is 3.09. The van der Waals surface area contributed by atoms with E-state index in [0.29, 0.717) is 17.1 Å². The number of hydrazone groups is 1. The molecule has 162 valence electrons. The third kappa shape index (κ3) is 4.34. The van der Waals surface area contributed by atoms with E-state index in [1.165, 1.54) is 5.56 Å². The molecule has 4 aromatic rings. The molecule has 0 radical (unpaired) electrons. The zero-order chi connectivity index (χ0) is 22.5. The highest BCUT2D eigenvalue weighted by Gasteiger charge is 2.13. The summed E-state index contributed by atoms with van der Waals surface area (Å²) in [4.78, 5) is 12.6. The molecule has 0 bridgehead atoms. The molecule has 3 aromatic carbocycles. The van der Waals surface area contributed by atoms with Crippen molar-refractivity contribution in [3.63, 3.8) is 0 Å². The van der Waals surface area contributed by atoms with Crippen LogP contribution in [0.15, 0.2) is 77.9 Å². The van der Waals surface area contributed by atoms with E-state index < -0.39 is 0 Å². The average Bonchev–Trinajstić information content (AvgIpc) is 3.10. The second-order valence-electron chi connectivity index (χ2n) is 7.39. The quantitative estimate of drug-likeness (QED) is 0.341. The van der Waals surface area contributed by atoms with Gasteiger partial charge in [0.1, 0.15) is 11.5 Å². The Labute approximate surface area is 187 Å². The molecular formula is C26H25N3O3. The van der Waals surface area contributed by atoms with E-state index in [4.69, 9.17) is 9.47 Å². The molecule has 1 N–H and O–H groups in total. The van der Waals surface area contributed by atoms with Gasteiger partial charge in [-0.3, -0.25) is 4.79 Å². The first-order chi connectivity index (χ1) is 15.6. The molecule has 0 aliphatic rings. The average molecular weight is 428 g/mol. The fourth-order valence-electron chi connectivity index (χ4n) is 3.75. The van der Waals surface area contributed by atoms with Gasteiger partial charge in [0.2, 0.25) is 0 Å². The van der Waals surface area contributed by atoms with Gasteiger partial charge in [0.25, 0.3) is 5.91 Å². The Balaban J connectivity index is 1.61. The van der Waals surface area contributed by atoms with E-state index in [1.54, 1.807) is 38.6 Å². The number of carbonyl (C=O) groups is 1. The Morgan fingerprint density at radius 1 is 0.969 bits per heavy atom. The van der Waals surface area contributed by atoms with Gasteiger partial charge >= 0.3 is 0 Å². The van der Waals surface area contributed by atoms with Gasteiger partial charge in [0.05, 0.1) is 20.4 Å². The number of aromatic nitrogens is 1. The monoisotopic (exact) mass is 427 g/mol. The number of carbonyl (C=O) groups excluding carboxylic acids is 1. The topological polar surface area (TPSA) is 64.8 Å². The highest BCUT2D eigenvalue weighted by Crippen LogP contribution is 2.26. The third-order valence-corrected chi connectivity index (χ3v) is 5.44. The van der Waals surface area contributed by atoms with Crippen LogP contribution in [0.2, 0.25) is 0 Å². The number of ether oxygens (including phenoxy) is 2. The molecule has 0 spiro atoms. The Morgan fingerprint density at radius 3 is 2.31 bits per heavy atom. The SMILES string of the molecule is COc1cc(OC)cc(C(=O)N/N=C\c2c(C)n(Cc3ccccc3)c3ccccc23)c1. The van der Waals surface area contributed by atoms with Crippen LogP contribution in [0.3, 0.4) is 0 Å². The zero-order valence-electron chi connectivity index (χ0n) is 18.3. The van der Waals surface area contributed by atoms with Crippen molar-refractivity contribution in [2.75, 3.05) is 14.2 Å². The molecule has 4 rings (SSSR count). The molecule has 6 nitrogen and oxygen atoms in total. The number of rotatable bonds is 7. The summed E-state index contributed by atoms with van der Waals surface area (Å²) in [6, 6.07) is 23.5. The predicted octanol–water partition coefficient (Wildman–Crippen LogP) is 4.78. The number of fused-ring (bicyclic) bond motifs is 1. The first-order valence-corrected chi connectivity index (χ1v) is 10.3. The smallest absolute Gasteiger partial charge is 0.271 e. The number of hydrogen-bond donors (Lipinski definition) is 1. The fourth-order valence-corrected chi connectivity index (χ4v) is 3.75. The van der Waals surface area contributed by atoms with Crippen LogP contribution < -0.4 is 14.9 Å². The normalized spacial score (nSPS) is 11.1. The number of methoxy groups -OCH3 is 2. The van der Waals surface area contributed by atoms with Crippen LogP contribution in [0, 0.1) is 6.92 Å². The van der Waals surface area contributed by atoms with Crippen molar-refractivity contribution in [3.8, 4) is 11.5 Å². The number of benzene rings is 3. The maximum absolute atomic E-state index is 12.6. The zero-order valence-corrected chi connectivity index (χ0v) is 18.3. The molecule has 1 aromatic heterocycles. The summed E-state index contributed by atoms with van der Waals surface area (Å²) in [5.74, 6) is 0.737. The predicted molar refractivity (Wildman–Crippen MR) is 127 cm³/mol. The van der Waals surface area contributed by atoms with Gasteiger partial charge in [-0.2, -0.15) is 5.10 Å². The van der Waals surface area contributed by atoms with Gasteiger partial charge in [0.15, 0.2) is 0 Å². The van der Waals surface area contributed by atoms with Crippen molar-refractivity contribution >= 4 is 23.0 Å². The van der Waals surface area contributed by atoms with E-state index in [1.807, 2.05) is 30.3 Å². The van der Waals surface area contributed by atoms with Gasteiger partial charge in [0, 0.05) is 40.3 Å². The second-order valence-corrected chi connectivity index (χ2v) is 7.39. The van der Waals surface area contributed by atoms with Crippen molar-refractivity contribution < 1.29 is 14.3 Å². The first kappa shape index (κ1) is 21.2. The molecular weight excluding hydrogens is 402 g/mol. The van der Waals surface area contributed by atoms with E-state index in [0.717, 1.165) is 28.7 Å². The molecule has 6 heteroatoms. The van der Waals surface area contributed by atoms with Crippen LogP contribution >= 0.6 is 0 Å². The van der Waals surface area contributed by atoms with Crippen LogP contribution in [-0.2, 0) is 6.54 Å². The van der Waals surface area contributed by atoms with Crippen molar-refractivity contribution in [1.29, 1.82) is 0 Å². The summed E-state index contributed by atoms with van der Waals surface area (Å²) in [6.45, 7) is 2.83. The Morgan fingerprint density at radius 2 is 1.62 bits per heavy atom. The molecule has 0 aliphatic heterocycles. The van der Waals surface area contributed by atoms with Crippen LogP contribution in [0.5, 0.6) is 11.5 Å². The van der Waals surface area contributed by atoms with Gasteiger partial charge in [-0.05, 0) is 30.7 Å². The number of amides is 1. The largest absolute Gasteiger partial charge is 0.497 e. The number of nitrogens with one attached hydrogen (secondary N) is 1. The Hall–Kier alpha value is -4.06. The molecule has 0 saturated heterocycles. The number of hydrogen-bond acceptors (Lipinski definition) is 4. The summed E-state index contributed by atoms with van der Waals surface area (Å²) >= 11 is 0. The summed E-state index contributed by atoms with van der Waals surface area (Å²) < 4.78 is 12.7. The lowest BCUT2D eigenvalue weighted by atomic mass is 10.1. The molecule has 0 aliphatic carbocycles. The summed E-state index contributed by atoms with van der Waals surface area (Å²) in [5.41, 5.74) is 7.41. The number of nitrogens with zero attached hydrogens (tertiary/aromatic N) is 2. The lowest BCUT2D eigenvalue weighted by Crippen LogP contribution is -2.17. The van der Waals surface area contributed by atoms with Gasteiger partial charge in [-0.15, -0.1) is 0 Å². The van der Waals surface area contributed by atoms with Gasteiger partial charge < -0.3 is 14.0 Å². The van der Waals surface area contributed by atoms with Crippen LogP contribution in [-0.4, -0.2) is 30.9 Å². The van der Waals surface area contributed by atoms with Crippen LogP contribution in [0.1, 0.15) is 27.2 Å². The van der Waals surface area contributed by atoms with Crippen molar-refractivity contribution in [1.82, 2.24) is 9.99 Å². The fraction of sp³-hybridized carbons (Fsp3) is 0.154. The lowest BCUT2D eigenvalue weighted by molar-refractivity contribution is 0.0954. The van der Waals surface area contributed by atoms with E-state index in [9.17, 15) is 4.79 Å². The molecule has 32 heavy (non-hydrogen) atoms. The molecule has 0 saturated carbocycles. The Kier molecular flexibility index (Phi) is 6.22. The second kappa shape index (κ2) is 9.39. The summed E-state index contributed by atoms with van der Waals surface area (Å²) in [5, 5.41) is 5.33. The van der Waals surface area contributed by atoms with Crippen molar-refractivity contribution in [2.45, 2.75) is 13.5 Å². The molecule has 0 fully saturated rings. The van der Waals surface area contributed by atoms with E-state index in [-0.39, 0.29) is 5.91 Å². The van der Waals surface area contributed by atoms with E-state index >= 15 is 0 Å². The minimum Gasteiger partial charge on any atom is -0.497 e. The van der Waals surface area contributed by atoms with Gasteiger partial charge in [-0.1, -0.05) is 48.5 Å². The highest BCUT2D eigenvalue weighted by atomic mass is 16.5. The first-order valence-electron chi connectivity index (χ1n) is 10.3. The minimum absolute atomic E-state index is 0.343. The van der Waals surface area contributed by atoms with E-state index in [2.05, 4.69) is 46.3 Å². The molecule has 0 unspecified atom stereocenters. The van der Waals surface area contributed by atoms with Crippen molar-refractivity contribution in [3.05, 3.63) is 95.2 Å². The van der Waals surface area contributed by atoms with Crippen molar-refractivity contribution in [2.24, 2.45) is 5.10 Å². The standard InChI is InChI=1S/C26H25N3O3/c1-18-24(16-27-28-26(30)20-13-21(31-2)15-22(14-20)32-3)23-11-7-8-12-25(23)29(18)17-19-9-5-4-6-10-19/h4-16H,17H2,1-3H3,(H,28,30)/b27-16-. The summed E-state index contributed by atoms with van der Waals surface area (Å²) in [6.07, 6.45) is 1.70. The number of para-hydroxylation sites is 1. The molecule has 1 heterocycles. The Bertz CT molecular complexity index is 1250. The van der Waals surface area contributed by atoms with Crippen LogP contribution in [0.4, 0.5) is 0 Å². The molecule has 0 atom stereocenters. The lowest BCUT2D eigenvalue weighted by Gasteiger charge is -2.08. The maximum atomic E-state index is 12.6. The highest BCUT2D eigenvalue weighted by molar-refractivity contribution is 6.02. The van der Waals surface area contributed by atoms with Gasteiger partial charge in [-0.25, -0.2) is 5.43 Å². The minimum atomic E-state index is -0.343. The third-order valence-electron chi connectivity index (χ3n) is 5.44. The van der Waals surface area contributed by atoms with Crippen LogP contribution in [0.25, 0.3) is 10.9 Å². The maximum Gasteiger partial charge on any atom is 0.271 e.